The lowest BCUT2D eigenvalue weighted by Crippen LogP contribution is -2.31. The van der Waals surface area contributed by atoms with E-state index in [0.29, 0.717) is 11.6 Å². The average molecular weight is 459 g/mol. The third kappa shape index (κ3) is 5.86. The second-order valence-electron chi connectivity index (χ2n) is 6.03. The summed E-state index contributed by atoms with van der Waals surface area (Å²) >= 11 is 0. The van der Waals surface area contributed by atoms with Gasteiger partial charge in [0, 0.05) is 5.56 Å². The van der Waals surface area contributed by atoms with Crippen LogP contribution in [-0.2, 0) is 32.3 Å². The number of rotatable bonds is 7. The molecule has 3 aromatic rings. The van der Waals surface area contributed by atoms with E-state index in [1.165, 1.54) is 24.3 Å². The minimum Gasteiger partial charge on any atom is -0.456 e. The van der Waals surface area contributed by atoms with Crippen LogP contribution in [0.5, 0.6) is 0 Å². The van der Waals surface area contributed by atoms with Gasteiger partial charge in [-0.2, -0.15) is 22.9 Å². The number of halogens is 4. The van der Waals surface area contributed by atoms with E-state index in [1.54, 1.807) is 0 Å². The van der Waals surface area contributed by atoms with Gasteiger partial charge in [0.05, 0.1) is 10.5 Å². The fraction of sp³-hybridized carbons (Fsp3) is 0.167. The van der Waals surface area contributed by atoms with Crippen molar-refractivity contribution in [3.8, 4) is 11.5 Å². The lowest BCUT2D eigenvalue weighted by Gasteiger charge is -2.10. The molecule has 0 amide bonds. The Morgan fingerprint density at radius 3 is 2.52 bits per heavy atom. The van der Waals surface area contributed by atoms with Crippen molar-refractivity contribution in [3.63, 3.8) is 0 Å². The highest BCUT2D eigenvalue weighted by Crippen LogP contribution is 2.30. The summed E-state index contributed by atoms with van der Waals surface area (Å²) in [6.07, 6.45) is -4.72. The lowest BCUT2D eigenvalue weighted by molar-refractivity contribution is -0.143. The van der Waals surface area contributed by atoms with Crippen LogP contribution in [0, 0.1) is 5.82 Å². The lowest BCUT2D eigenvalue weighted by atomic mass is 10.2. The van der Waals surface area contributed by atoms with Crippen molar-refractivity contribution in [3.05, 3.63) is 65.7 Å². The Balaban J connectivity index is 1.55. The first-order valence-electron chi connectivity index (χ1n) is 8.46. The molecule has 1 N–H and O–H groups in total. The van der Waals surface area contributed by atoms with Crippen molar-refractivity contribution in [2.75, 3.05) is 6.54 Å². The third-order valence-corrected chi connectivity index (χ3v) is 5.20. The first-order valence-corrected chi connectivity index (χ1v) is 9.94. The fourth-order valence-corrected chi connectivity index (χ4v) is 3.31. The van der Waals surface area contributed by atoms with Crippen LogP contribution in [0.4, 0.5) is 17.6 Å². The normalized spacial score (nSPS) is 12.0. The molecule has 2 aromatic carbocycles. The van der Waals surface area contributed by atoms with Gasteiger partial charge in [-0.1, -0.05) is 11.2 Å². The molecule has 0 saturated carbocycles. The molecule has 0 fully saturated rings. The van der Waals surface area contributed by atoms with Crippen molar-refractivity contribution < 1.29 is 40.0 Å². The van der Waals surface area contributed by atoms with Crippen molar-refractivity contribution >= 4 is 16.0 Å². The standard InChI is InChI=1S/C18H13F4N3O5S/c19-13-6-4-11(5-7-13)17-24-15(25-30-17)10-29-16(26)9-23-31(27,28)14-3-1-2-12(8-14)18(20,21)22/h1-8,23H,9-10H2. The zero-order valence-corrected chi connectivity index (χ0v) is 16.2. The molecule has 0 bridgehead atoms. The molecule has 0 aliphatic rings. The first-order chi connectivity index (χ1) is 14.5. The fourth-order valence-electron chi connectivity index (χ4n) is 2.30. The predicted octanol–water partition coefficient (Wildman–Crippen LogP) is 2.92. The van der Waals surface area contributed by atoms with Gasteiger partial charge in [0.2, 0.25) is 15.8 Å². The Kier molecular flexibility index (Phi) is 6.36. The largest absolute Gasteiger partial charge is 0.456 e. The Labute approximate surface area is 172 Å². The van der Waals surface area contributed by atoms with Crippen LogP contribution < -0.4 is 4.72 Å². The minimum absolute atomic E-state index is 0.0339. The molecule has 31 heavy (non-hydrogen) atoms. The number of ether oxygens (including phenoxy) is 1. The summed E-state index contributed by atoms with van der Waals surface area (Å²) in [7, 11) is -4.39. The van der Waals surface area contributed by atoms with Gasteiger partial charge in [-0.3, -0.25) is 4.79 Å². The highest BCUT2D eigenvalue weighted by Gasteiger charge is 2.31. The molecule has 0 atom stereocenters. The summed E-state index contributed by atoms with van der Waals surface area (Å²) in [6.45, 7) is -1.28. The number of carbonyl (C=O) groups is 1. The summed E-state index contributed by atoms with van der Waals surface area (Å²) in [5.74, 6) is -1.46. The van der Waals surface area contributed by atoms with Crippen LogP contribution in [0.15, 0.2) is 57.9 Å². The second-order valence-corrected chi connectivity index (χ2v) is 7.80. The van der Waals surface area contributed by atoms with Crippen molar-refractivity contribution in [1.29, 1.82) is 0 Å². The highest BCUT2D eigenvalue weighted by molar-refractivity contribution is 7.89. The number of aromatic nitrogens is 2. The van der Waals surface area contributed by atoms with Gasteiger partial charge in [0.15, 0.2) is 6.61 Å². The molecule has 0 unspecified atom stereocenters. The SMILES string of the molecule is O=C(CNS(=O)(=O)c1cccc(C(F)(F)F)c1)OCc1noc(-c2ccc(F)cc2)n1. The zero-order chi connectivity index (χ0) is 22.6. The predicted molar refractivity (Wildman–Crippen MR) is 96.1 cm³/mol. The maximum Gasteiger partial charge on any atom is 0.416 e. The molecular formula is C18H13F4N3O5S. The minimum atomic E-state index is -4.72. The van der Waals surface area contributed by atoms with Crippen LogP contribution in [0.2, 0.25) is 0 Å². The smallest absolute Gasteiger partial charge is 0.416 e. The molecule has 0 aliphatic carbocycles. The first kappa shape index (κ1) is 22.4. The van der Waals surface area contributed by atoms with Crippen LogP contribution in [0.3, 0.4) is 0 Å². The molecule has 0 radical (unpaired) electrons. The van der Waals surface area contributed by atoms with Crippen molar-refractivity contribution in [2.24, 2.45) is 0 Å². The van der Waals surface area contributed by atoms with E-state index in [2.05, 4.69) is 10.1 Å². The molecule has 0 spiro atoms. The quantitative estimate of drug-likeness (QED) is 0.427. The number of hydrogen-bond acceptors (Lipinski definition) is 7. The second kappa shape index (κ2) is 8.81. The number of alkyl halides is 3. The molecular weight excluding hydrogens is 446 g/mol. The third-order valence-electron chi connectivity index (χ3n) is 3.80. The Morgan fingerprint density at radius 1 is 1.13 bits per heavy atom. The Bertz CT molecular complexity index is 1180. The number of benzene rings is 2. The molecule has 13 heteroatoms. The van der Waals surface area contributed by atoms with E-state index >= 15 is 0 Å². The maximum atomic E-state index is 12.9. The number of sulfonamides is 1. The van der Waals surface area contributed by atoms with E-state index in [9.17, 15) is 30.8 Å². The van der Waals surface area contributed by atoms with Gasteiger partial charge in [-0.05, 0) is 42.5 Å². The van der Waals surface area contributed by atoms with Crippen LogP contribution in [-0.4, -0.2) is 31.1 Å². The Morgan fingerprint density at radius 2 is 1.84 bits per heavy atom. The van der Waals surface area contributed by atoms with E-state index in [4.69, 9.17) is 9.26 Å². The summed E-state index contributed by atoms with van der Waals surface area (Å²) in [4.78, 5) is 15.1. The molecule has 3 rings (SSSR count). The van der Waals surface area contributed by atoms with Crippen molar-refractivity contribution in [1.82, 2.24) is 14.9 Å². The zero-order valence-electron chi connectivity index (χ0n) is 15.4. The highest BCUT2D eigenvalue weighted by atomic mass is 32.2. The molecule has 8 nitrogen and oxygen atoms in total. The maximum absolute atomic E-state index is 12.9. The molecule has 164 valence electrons. The summed E-state index contributed by atoms with van der Waals surface area (Å²) < 4.78 is 87.0. The van der Waals surface area contributed by atoms with Gasteiger partial charge in [-0.25, -0.2) is 12.8 Å². The van der Waals surface area contributed by atoms with E-state index in [0.717, 1.165) is 18.2 Å². The van der Waals surface area contributed by atoms with Gasteiger partial charge in [0.25, 0.3) is 5.89 Å². The topological polar surface area (TPSA) is 111 Å². The van der Waals surface area contributed by atoms with E-state index in [1.807, 2.05) is 4.72 Å². The molecule has 0 saturated heterocycles. The van der Waals surface area contributed by atoms with E-state index in [-0.39, 0.29) is 11.7 Å². The molecule has 0 aliphatic heterocycles. The number of hydrogen-bond donors (Lipinski definition) is 1. The monoisotopic (exact) mass is 459 g/mol. The number of nitrogens with one attached hydrogen (secondary N) is 1. The number of esters is 1. The number of carbonyl (C=O) groups excluding carboxylic acids is 1. The van der Waals surface area contributed by atoms with Crippen LogP contribution in [0.1, 0.15) is 11.4 Å². The summed E-state index contributed by atoms with van der Waals surface area (Å²) in [5.41, 5.74) is -0.715. The van der Waals surface area contributed by atoms with Gasteiger partial charge in [-0.15, -0.1) is 0 Å². The number of nitrogens with zero attached hydrogens (tertiary/aromatic N) is 2. The van der Waals surface area contributed by atoms with Gasteiger partial charge >= 0.3 is 12.1 Å². The van der Waals surface area contributed by atoms with Gasteiger partial charge < -0.3 is 9.26 Å². The summed E-state index contributed by atoms with van der Waals surface area (Å²) in [6, 6.07) is 8.25. The summed E-state index contributed by atoms with van der Waals surface area (Å²) in [5, 5.41) is 3.57. The molecule has 1 aromatic heterocycles. The van der Waals surface area contributed by atoms with Gasteiger partial charge in [0.1, 0.15) is 12.4 Å². The Hall–Kier alpha value is -3.32. The van der Waals surface area contributed by atoms with Crippen LogP contribution in [0.25, 0.3) is 11.5 Å². The van der Waals surface area contributed by atoms with Crippen LogP contribution >= 0.6 is 0 Å². The van der Waals surface area contributed by atoms with E-state index < -0.39 is 51.6 Å². The molecule has 1 heterocycles. The van der Waals surface area contributed by atoms with Crippen molar-refractivity contribution in [2.45, 2.75) is 17.7 Å². The average Bonchev–Trinajstić information content (AvgIpc) is 3.20.